The number of nitrogens with one attached hydrogen (secondary N) is 1. The predicted molar refractivity (Wildman–Crippen MR) is 47.7 cm³/mol. The minimum absolute atomic E-state index is 0.403. The van der Waals surface area contributed by atoms with Gasteiger partial charge in [0.25, 0.3) is 0 Å². The molecule has 15 heavy (non-hydrogen) atoms. The molecule has 0 heterocycles. The van der Waals surface area contributed by atoms with Gasteiger partial charge in [-0.3, -0.25) is 0 Å². The Balaban J connectivity index is 3.27. The van der Waals surface area contributed by atoms with Gasteiger partial charge in [-0.1, -0.05) is 6.07 Å². The highest BCUT2D eigenvalue weighted by Crippen LogP contribution is 2.30. The smallest absolute Gasteiger partial charge is 0.214 e. The minimum atomic E-state index is -4.54. The second-order valence-electron chi connectivity index (χ2n) is 2.73. The quantitative estimate of drug-likeness (QED) is 0.852. The topological polar surface area (TPSA) is 46.2 Å². The van der Waals surface area contributed by atoms with E-state index < -0.39 is 26.7 Å². The van der Waals surface area contributed by atoms with E-state index in [-0.39, 0.29) is 0 Å². The Labute approximate surface area is 85.0 Å². The summed E-state index contributed by atoms with van der Waals surface area (Å²) in [5.41, 5.74) is -0.987. The van der Waals surface area contributed by atoms with Crippen molar-refractivity contribution in [3.05, 3.63) is 29.8 Å². The molecule has 1 aromatic rings. The molecule has 1 N–H and O–H groups in total. The van der Waals surface area contributed by atoms with Crippen molar-refractivity contribution in [1.82, 2.24) is 4.72 Å². The number of hydrogen-bond acceptors (Lipinski definition) is 2. The maximum atomic E-state index is 12.2. The lowest BCUT2D eigenvalue weighted by Gasteiger charge is -2.08. The fourth-order valence-electron chi connectivity index (χ4n) is 0.957. The Bertz CT molecular complexity index is 453. The average molecular weight is 239 g/mol. The van der Waals surface area contributed by atoms with E-state index >= 15 is 0 Å². The molecular weight excluding hydrogens is 231 g/mol. The third-order valence-corrected chi connectivity index (χ3v) is 3.15. The minimum Gasteiger partial charge on any atom is -0.214 e. The molecule has 0 saturated heterocycles. The van der Waals surface area contributed by atoms with Gasteiger partial charge in [0, 0.05) is 0 Å². The molecule has 0 bridgehead atoms. The largest absolute Gasteiger partial charge is 0.416 e. The normalized spacial score (nSPS) is 12.8. The monoisotopic (exact) mass is 239 g/mol. The molecule has 0 amide bonds. The lowest BCUT2D eigenvalue weighted by molar-refractivity contribution is -0.137. The highest BCUT2D eigenvalue weighted by atomic mass is 32.2. The van der Waals surface area contributed by atoms with Crippen molar-refractivity contribution in [3.8, 4) is 0 Å². The first-order valence-electron chi connectivity index (χ1n) is 3.88. The molecule has 7 heteroatoms. The van der Waals surface area contributed by atoms with Crippen LogP contribution < -0.4 is 4.72 Å². The molecule has 0 unspecified atom stereocenters. The second kappa shape index (κ2) is 3.82. The summed E-state index contributed by atoms with van der Waals surface area (Å²) in [6.07, 6.45) is -4.54. The third-order valence-electron chi connectivity index (χ3n) is 1.74. The molecule has 0 saturated carbocycles. The van der Waals surface area contributed by atoms with E-state index in [1.807, 2.05) is 4.72 Å². The van der Waals surface area contributed by atoms with Gasteiger partial charge in [-0.15, -0.1) is 0 Å². The molecule has 0 aliphatic carbocycles. The molecule has 1 aromatic carbocycles. The van der Waals surface area contributed by atoms with Crippen molar-refractivity contribution < 1.29 is 21.6 Å². The Morgan fingerprint density at radius 1 is 1.27 bits per heavy atom. The van der Waals surface area contributed by atoms with Crippen LogP contribution in [0.25, 0.3) is 0 Å². The van der Waals surface area contributed by atoms with Crippen molar-refractivity contribution in [2.24, 2.45) is 0 Å². The van der Waals surface area contributed by atoms with Crippen LogP contribution in [-0.4, -0.2) is 15.5 Å². The SMILES string of the molecule is CNS(=O)(=O)c1cccc(C(F)(F)F)c1. The van der Waals surface area contributed by atoms with Crippen LogP contribution in [0, 0.1) is 0 Å². The highest BCUT2D eigenvalue weighted by Gasteiger charge is 2.31. The maximum Gasteiger partial charge on any atom is 0.416 e. The number of sulfonamides is 1. The van der Waals surface area contributed by atoms with Gasteiger partial charge in [-0.05, 0) is 25.2 Å². The second-order valence-corrected chi connectivity index (χ2v) is 4.62. The van der Waals surface area contributed by atoms with E-state index in [0.717, 1.165) is 25.2 Å². The third kappa shape index (κ3) is 2.69. The summed E-state index contributed by atoms with van der Waals surface area (Å²) in [5.74, 6) is 0. The predicted octanol–water partition coefficient (Wildman–Crippen LogP) is 1.61. The van der Waals surface area contributed by atoms with E-state index in [1.165, 1.54) is 0 Å². The van der Waals surface area contributed by atoms with E-state index in [9.17, 15) is 21.6 Å². The summed E-state index contributed by atoms with van der Waals surface area (Å²) in [5, 5.41) is 0. The van der Waals surface area contributed by atoms with Crippen molar-refractivity contribution >= 4 is 10.0 Å². The number of benzene rings is 1. The van der Waals surface area contributed by atoms with Crippen molar-refractivity contribution in [3.63, 3.8) is 0 Å². The molecule has 3 nitrogen and oxygen atoms in total. The summed E-state index contributed by atoms with van der Waals surface area (Å²) in [7, 11) is -2.70. The van der Waals surface area contributed by atoms with Crippen LogP contribution in [0.3, 0.4) is 0 Å². The standard InChI is InChI=1S/C8H8F3NO2S/c1-12-15(13,14)7-4-2-3-6(5-7)8(9,10)11/h2-5,12H,1H3. The van der Waals surface area contributed by atoms with E-state index in [2.05, 4.69) is 0 Å². The fourth-order valence-corrected chi connectivity index (χ4v) is 1.73. The lowest BCUT2D eigenvalue weighted by Crippen LogP contribution is -2.19. The zero-order valence-corrected chi connectivity index (χ0v) is 8.48. The van der Waals surface area contributed by atoms with Gasteiger partial charge in [0.05, 0.1) is 10.5 Å². The van der Waals surface area contributed by atoms with Gasteiger partial charge < -0.3 is 0 Å². The van der Waals surface area contributed by atoms with Gasteiger partial charge >= 0.3 is 6.18 Å². The summed E-state index contributed by atoms with van der Waals surface area (Å²) in [4.78, 5) is -0.403. The lowest BCUT2D eigenvalue weighted by atomic mass is 10.2. The van der Waals surface area contributed by atoms with Crippen LogP contribution in [0.15, 0.2) is 29.2 Å². The molecule has 84 valence electrons. The zero-order chi connectivity index (χ0) is 11.7. The molecule has 0 spiro atoms. The van der Waals surface area contributed by atoms with Gasteiger partial charge in [-0.2, -0.15) is 13.2 Å². The molecule has 0 aromatic heterocycles. The summed E-state index contributed by atoms with van der Waals surface area (Å²) in [6.45, 7) is 0. The van der Waals surface area contributed by atoms with E-state index in [0.29, 0.717) is 6.07 Å². The Morgan fingerprint density at radius 3 is 2.33 bits per heavy atom. The molecule has 0 fully saturated rings. The van der Waals surface area contributed by atoms with Crippen LogP contribution in [0.4, 0.5) is 13.2 Å². The van der Waals surface area contributed by atoms with Crippen LogP contribution in [0.5, 0.6) is 0 Å². The van der Waals surface area contributed by atoms with Gasteiger partial charge in [0.1, 0.15) is 0 Å². The van der Waals surface area contributed by atoms with Crippen LogP contribution in [0.2, 0.25) is 0 Å². The molecule has 0 radical (unpaired) electrons. The van der Waals surface area contributed by atoms with Gasteiger partial charge in [-0.25, -0.2) is 13.1 Å². The first-order valence-corrected chi connectivity index (χ1v) is 5.36. The number of alkyl halides is 3. The zero-order valence-electron chi connectivity index (χ0n) is 7.67. The van der Waals surface area contributed by atoms with E-state index in [1.54, 1.807) is 0 Å². The van der Waals surface area contributed by atoms with Crippen molar-refractivity contribution in [2.45, 2.75) is 11.1 Å². The van der Waals surface area contributed by atoms with Gasteiger partial charge in [0.2, 0.25) is 10.0 Å². The number of rotatable bonds is 2. The average Bonchev–Trinajstić information content (AvgIpc) is 2.17. The maximum absolute atomic E-state index is 12.2. The van der Waals surface area contributed by atoms with Crippen LogP contribution in [0.1, 0.15) is 5.56 Å². The molecule has 0 aliphatic rings. The van der Waals surface area contributed by atoms with Crippen LogP contribution >= 0.6 is 0 Å². The number of hydrogen-bond donors (Lipinski definition) is 1. The molecular formula is C8H8F3NO2S. The number of halogens is 3. The summed E-state index contributed by atoms with van der Waals surface area (Å²) >= 11 is 0. The van der Waals surface area contributed by atoms with E-state index in [4.69, 9.17) is 0 Å². The van der Waals surface area contributed by atoms with Crippen molar-refractivity contribution in [1.29, 1.82) is 0 Å². The fraction of sp³-hybridized carbons (Fsp3) is 0.250. The van der Waals surface area contributed by atoms with Crippen molar-refractivity contribution in [2.75, 3.05) is 7.05 Å². The van der Waals surface area contributed by atoms with Crippen LogP contribution in [-0.2, 0) is 16.2 Å². The highest BCUT2D eigenvalue weighted by molar-refractivity contribution is 7.89. The Morgan fingerprint density at radius 2 is 1.87 bits per heavy atom. The van der Waals surface area contributed by atoms with Gasteiger partial charge in [0.15, 0.2) is 0 Å². The summed E-state index contributed by atoms with van der Waals surface area (Å²) < 4.78 is 61.1. The Hall–Kier alpha value is -1.08. The summed E-state index contributed by atoms with van der Waals surface area (Å²) in [6, 6.07) is 3.55. The molecule has 0 atom stereocenters. The first-order chi connectivity index (χ1) is 6.77. The molecule has 1 rings (SSSR count). The Kier molecular flexibility index (Phi) is 3.05. The molecule has 0 aliphatic heterocycles. The first kappa shape index (κ1) is 12.0.